The van der Waals surface area contributed by atoms with Crippen molar-refractivity contribution in [2.75, 3.05) is 62.0 Å². The molecule has 0 fully saturated rings. The van der Waals surface area contributed by atoms with Crippen LogP contribution in [0, 0.1) is 32.1 Å². The number of aromatic carboxylic acids is 2. The van der Waals surface area contributed by atoms with Gasteiger partial charge >= 0.3 is 11.9 Å². The van der Waals surface area contributed by atoms with Crippen molar-refractivity contribution >= 4 is 274 Å². The summed E-state index contributed by atoms with van der Waals surface area (Å²) in [6, 6.07) is 0. The predicted molar refractivity (Wildman–Crippen MR) is 308 cm³/mol. The normalized spacial score (nSPS) is 10.7. The molecule has 0 saturated heterocycles. The second-order valence-electron chi connectivity index (χ2n) is 12.3. The number of nitrogens with zero attached hydrogens (tertiary/aromatic N) is 1. The maximum atomic E-state index is 14.0. The Hall–Kier alpha value is -0.620. The van der Waals surface area contributed by atoms with Crippen LogP contribution in [-0.4, -0.2) is 120 Å². The molecule has 3 rings (SSSR count). The highest BCUT2D eigenvalue weighted by atomic mass is 127. The molecule has 0 spiro atoms. The zero-order valence-electron chi connectivity index (χ0n) is 32.1. The summed E-state index contributed by atoms with van der Waals surface area (Å²) >= 11 is 15.8. The van der Waals surface area contributed by atoms with Gasteiger partial charge in [0, 0.05) is 37.8 Å². The van der Waals surface area contributed by atoms with Gasteiger partial charge in [0.05, 0.1) is 98.2 Å². The maximum absolute atomic E-state index is 14.0. The van der Waals surface area contributed by atoms with E-state index in [0.29, 0.717) is 0 Å². The first-order valence-electron chi connectivity index (χ1n) is 17.1. The van der Waals surface area contributed by atoms with Crippen LogP contribution in [0.4, 0.5) is 17.1 Å². The molecule has 10 N–H and O–H groups in total. The SMILES string of the molecule is CC(=O)N(C)c1c(I)c(C(=O)NCC(=O)Nc2c(I)c(C(=O)O)c(I)c(C(=O)NCCO)c2I)c(I)c(C(=O)NCC(=O)Nc2c(I)c(C(=O)O)c(I)c(C(=O)NCCO)c2I)c1I. The number of amides is 7. The smallest absolute Gasteiger partial charge is 0.337 e. The van der Waals surface area contributed by atoms with Gasteiger partial charge in [-0.15, -0.1) is 0 Å². The van der Waals surface area contributed by atoms with Gasteiger partial charge in [-0.2, -0.15) is 0 Å². The first-order chi connectivity index (χ1) is 29.9. The average molecular weight is 1900 g/mol. The lowest BCUT2D eigenvalue weighted by molar-refractivity contribution is -0.116. The van der Waals surface area contributed by atoms with Crippen molar-refractivity contribution in [3.63, 3.8) is 0 Å². The lowest BCUT2D eigenvalue weighted by atomic mass is 10.1. The van der Waals surface area contributed by atoms with E-state index in [1.807, 2.05) is 45.2 Å². The number of carboxylic acid groups (broad SMARTS) is 2. The largest absolute Gasteiger partial charge is 0.478 e. The minimum Gasteiger partial charge on any atom is -0.478 e. The van der Waals surface area contributed by atoms with E-state index >= 15 is 0 Å². The molecule has 0 unspecified atom stereocenters. The van der Waals surface area contributed by atoms with Gasteiger partial charge in [-0.25, -0.2) is 9.59 Å². The van der Waals surface area contributed by atoms with E-state index in [0.717, 1.165) is 0 Å². The van der Waals surface area contributed by atoms with Gasteiger partial charge in [0.1, 0.15) is 0 Å². The Morgan fingerprint density at radius 3 is 1.03 bits per heavy atom. The number of hydrogen-bond donors (Lipinski definition) is 10. The molecule has 0 aliphatic rings. The summed E-state index contributed by atoms with van der Waals surface area (Å²) < 4.78 is 1.27. The summed E-state index contributed by atoms with van der Waals surface area (Å²) in [7, 11) is 1.42. The molecule has 0 heterocycles. The highest BCUT2D eigenvalue weighted by Crippen LogP contribution is 2.39. The van der Waals surface area contributed by atoms with Crippen molar-refractivity contribution in [1.29, 1.82) is 0 Å². The molecular formula is C35H28I9N7O13. The number of anilines is 3. The number of hydrogen-bond acceptors (Lipinski definition) is 11. The Balaban J connectivity index is 1.99. The highest BCUT2D eigenvalue weighted by Gasteiger charge is 2.33. The molecule has 20 nitrogen and oxygen atoms in total. The molecule has 7 amide bonds. The summed E-state index contributed by atoms with van der Waals surface area (Å²) in [4.78, 5) is 119. The van der Waals surface area contributed by atoms with E-state index < -0.39 is 66.4 Å². The van der Waals surface area contributed by atoms with Crippen molar-refractivity contribution in [2.45, 2.75) is 6.92 Å². The predicted octanol–water partition coefficient (Wildman–Crippen LogP) is 4.69. The van der Waals surface area contributed by atoms with E-state index in [-0.39, 0.29) is 109 Å². The summed E-state index contributed by atoms with van der Waals surface area (Å²) in [6.45, 7) is -1.11. The number of aliphatic hydroxyl groups excluding tert-OH is 2. The van der Waals surface area contributed by atoms with Crippen LogP contribution in [-0.2, 0) is 14.4 Å². The van der Waals surface area contributed by atoms with E-state index in [1.165, 1.54) is 18.9 Å². The zero-order chi connectivity index (χ0) is 48.7. The topological polar surface area (TPSA) is 310 Å². The Bertz CT molecular complexity index is 2370. The van der Waals surface area contributed by atoms with Crippen LogP contribution in [0.25, 0.3) is 0 Å². The summed E-state index contributed by atoms with van der Waals surface area (Å²) in [6.07, 6.45) is 0. The molecule has 0 aliphatic heterocycles. The van der Waals surface area contributed by atoms with Gasteiger partial charge in [-0.1, -0.05) is 0 Å². The molecule has 0 aromatic heterocycles. The van der Waals surface area contributed by atoms with Crippen molar-refractivity contribution in [3.8, 4) is 0 Å². The molecule has 0 radical (unpaired) electrons. The van der Waals surface area contributed by atoms with Crippen molar-refractivity contribution in [2.24, 2.45) is 0 Å². The average Bonchev–Trinajstić information content (AvgIpc) is 3.20. The van der Waals surface area contributed by atoms with Crippen LogP contribution in [0.15, 0.2) is 0 Å². The Kier molecular flexibility index (Phi) is 23.3. The number of aliphatic hydroxyl groups is 2. The third-order valence-electron chi connectivity index (χ3n) is 8.21. The standard InChI is InChI=1S/C35H28I9N7O13/c1-9(54)51(2)29-25(43)14(32(59)47-7-10(55)49-27-21(39)12(30(57)45-3-5-52)19(37)16(23(27)41)34(61)62)18(36)15(26(29)44)33(60)48-8-11(56)50-28-22(40)13(31(58)46-4-6-53)20(38)17(24(28)42)35(63)64/h52-53H,3-8H2,1-2H3,(H,45,57)(H,46,58)(H,47,59)(H,48,60)(H,49,55)(H,50,56)(H,61,62)(H,63,64). The molecule has 344 valence electrons. The molecular weight excluding hydrogens is 1870 g/mol. The first-order valence-corrected chi connectivity index (χ1v) is 26.8. The Labute approximate surface area is 485 Å². The lowest BCUT2D eigenvalue weighted by Gasteiger charge is -2.24. The molecule has 0 bridgehead atoms. The molecule has 29 heteroatoms. The third-order valence-corrected chi connectivity index (χ3v) is 17.9. The minimum absolute atomic E-state index is 0.0167. The quantitative estimate of drug-likeness (QED) is 0.0822. The summed E-state index contributed by atoms with van der Waals surface area (Å²) in [5.41, 5.74) is -0.733. The molecule has 0 atom stereocenters. The minimum atomic E-state index is -1.37. The van der Waals surface area contributed by atoms with Crippen LogP contribution in [0.2, 0.25) is 0 Å². The van der Waals surface area contributed by atoms with Crippen LogP contribution >= 0.6 is 203 Å². The fourth-order valence-corrected chi connectivity index (χ4v) is 18.8. The van der Waals surface area contributed by atoms with Gasteiger partial charge in [0.2, 0.25) is 17.7 Å². The molecule has 64 heavy (non-hydrogen) atoms. The van der Waals surface area contributed by atoms with Gasteiger partial charge in [-0.3, -0.25) is 33.6 Å². The Morgan fingerprint density at radius 1 is 0.453 bits per heavy atom. The fraction of sp³-hybridized carbons (Fsp3) is 0.229. The van der Waals surface area contributed by atoms with Crippen LogP contribution in [0.3, 0.4) is 0 Å². The molecule has 0 saturated carbocycles. The van der Waals surface area contributed by atoms with Crippen molar-refractivity contribution in [3.05, 3.63) is 65.5 Å². The summed E-state index contributed by atoms with van der Waals surface area (Å²) in [5, 5.41) is 53.3. The lowest BCUT2D eigenvalue weighted by Crippen LogP contribution is -2.37. The summed E-state index contributed by atoms with van der Waals surface area (Å²) in [5.74, 6) is -7.97. The number of benzene rings is 3. The molecule has 3 aromatic carbocycles. The van der Waals surface area contributed by atoms with Gasteiger partial charge < -0.3 is 57.2 Å². The van der Waals surface area contributed by atoms with E-state index in [2.05, 4.69) is 31.9 Å². The van der Waals surface area contributed by atoms with E-state index in [9.17, 15) is 63.6 Å². The Morgan fingerprint density at radius 2 is 0.734 bits per heavy atom. The van der Waals surface area contributed by atoms with Gasteiger partial charge in [0.25, 0.3) is 23.6 Å². The molecule has 0 aliphatic carbocycles. The number of carbonyl (C=O) groups is 9. The first kappa shape index (κ1) is 57.7. The monoisotopic (exact) mass is 1900 g/mol. The second-order valence-corrected chi connectivity index (χ2v) is 22.0. The maximum Gasteiger partial charge on any atom is 0.337 e. The molecule has 3 aromatic rings. The number of nitrogens with one attached hydrogen (secondary N) is 6. The number of carboxylic acids is 2. The van der Waals surface area contributed by atoms with Crippen LogP contribution < -0.4 is 36.8 Å². The van der Waals surface area contributed by atoms with Crippen LogP contribution in [0.1, 0.15) is 69.1 Å². The fourth-order valence-electron chi connectivity index (χ4n) is 5.20. The third kappa shape index (κ3) is 13.4. The van der Waals surface area contributed by atoms with Crippen molar-refractivity contribution in [1.82, 2.24) is 21.3 Å². The zero-order valence-corrected chi connectivity index (χ0v) is 51.5. The highest BCUT2D eigenvalue weighted by molar-refractivity contribution is 14.1. The van der Waals surface area contributed by atoms with Gasteiger partial charge in [0.15, 0.2) is 0 Å². The second kappa shape index (κ2) is 25.8. The number of carbonyl (C=O) groups excluding carboxylic acids is 7. The van der Waals surface area contributed by atoms with E-state index in [1.54, 1.807) is 158 Å². The van der Waals surface area contributed by atoms with Crippen molar-refractivity contribution < 1.29 is 63.6 Å². The number of halogens is 9. The van der Waals surface area contributed by atoms with Gasteiger partial charge in [-0.05, 0) is 203 Å². The van der Waals surface area contributed by atoms with Crippen LogP contribution in [0.5, 0.6) is 0 Å². The number of rotatable bonds is 17. The van der Waals surface area contributed by atoms with E-state index in [4.69, 9.17) is 0 Å².